The lowest BCUT2D eigenvalue weighted by Crippen LogP contribution is -2.10. The lowest BCUT2D eigenvalue weighted by molar-refractivity contribution is -0.117. The van der Waals surface area contributed by atoms with Gasteiger partial charge >= 0.3 is 0 Å². The Morgan fingerprint density at radius 1 is 1.54 bits per heavy atom. The van der Waals surface area contributed by atoms with E-state index < -0.39 is 10.8 Å². The number of Topliss-reactive ketones (excluding diaryl/α,β-unsaturated/α-hetero) is 1. The highest BCUT2D eigenvalue weighted by Crippen LogP contribution is 2.26. The summed E-state index contributed by atoms with van der Waals surface area (Å²) >= 11 is 1.51. The molecule has 1 saturated carbocycles. The number of hydrogen-bond acceptors (Lipinski definition) is 3. The van der Waals surface area contributed by atoms with E-state index in [1.54, 1.807) is 0 Å². The zero-order valence-electron chi connectivity index (χ0n) is 7.06. The SMILES string of the molecule is O=C1CCC(S(=O)c2cccs2)C1. The van der Waals surface area contributed by atoms with Crippen molar-refractivity contribution in [3.8, 4) is 0 Å². The lowest BCUT2D eigenvalue weighted by Gasteiger charge is -2.04. The molecule has 1 fully saturated rings. The topological polar surface area (TPSA) is 34.1 Å². The van der Waals surface area contributed by atoms with Crippen LogP contribution in [0.15, 0.2) is 21.7 Å². The minimum atomic E-state index is -0.951. The Kier molecular flexibility index (Phi) is 2.60. The van der Waals surface area contributed by atoms with E-state index >= 15 is 0 Å². The minimum Gasteiger partial charge on any atom is -0.300 e. The first-order valence-corrected chi connectivity index (χ1v) is 6.32. The Balaban J connectivity index is 2.10. The van der Waals surface area contributed by atoms with Gasteiger partial charge in [0.2, 0.25) is 0 Å². The van der Waals surface area contributed by atoms with Crippen LogP contribution in [0.5, 0.6) is 0 Å². The average Bonchev–Trinajstić information content (AvgIpc) is 2.72. The molecule has 1 aromatic rings. The Labute approximate surface area is 83.4 Å². The average molecular weight is 214 g/mol. The van der Waals surface area contributed by atoms with Gasteiger partial charge in [0.15, 0.2) is 0 Å². The van der Waals surface area contributed by atoms with E-state index in [1.807, 2.05) is 17.5 Å². The van der Waals surface area contributed by atoms with E-state index in [2.05, 4.69) is 0 Å². The van der Waals surface area contributed by atoms with Gasteiger partial charge < -0.3 is 0 Å². The molecule has 0 radical (unpaired) electrons. The molecular weight excluding hydrogens is 204 g/mol. The van der Waals surface area contributed by atoms with Gasteiger partial charge in [0.1, 0.15) is 5.78 Å². The number of carbonyl (C=O) groups excluding carboxylic acids is 1. The fourth-order valence-corrected chi connectivity index (χ4v) is 4.12. The van der Waals surface area contributed by atoms with Gasteiger partial charge in [-0.05, 0) is 17.9 Å². The van der Waals surface area contributed by atoms with Gasteiger partial charge in [0.05, 0.1) is 15.0 Å². The molecule has 0 aromatic carbocycles. The number of rotatable bonds is 2. The van der Waals surface area contributed by atoms with Crippen molar-refractivity contribution in [1.29, 1.82) is 0 Å². The molecule has 2 atom stereocenters. The molecule has 1 aliphatic rings. The van der Waals surface area contributed by atoms with Gasteiger partial charge in [-0.15, -0.1) is 11.3 Å². The van der Waals surface area contributed by atoms with E-state index in [1.165, 1.54) is 11.3 Å². The number of thiophene rings is 1. The van der Waals surface area contributed by atoms with Crippen molar-refractivity contribution >= 4 is 27.9 Å². The molecule has 0 spiro atoms. The fourth-order valence-electron chi connectivity index (χ4n) is 1.50. The van der Waals surface area contributed by atoms with Crippen LogP contribution >= 0.6 is 11.3 Å². The maximum Gasteiger partial charge on any atom is 0.134 e. The second-order valence-corrected chi connectivity index (χ2v) is 6.04. The van der Waals surface area contributed by atoms with E-state index in [9.17, 15) is 9.00 Å². The van der Waals surface area contributed by atoms with Crippen LogP contribution in [0.2, 0.25) is 0 Å². The van der Waals surface area contributed by atoms with Crippen LogP contribution < -0.4 is 0 Å². The van der Waals surface area contributed by atoms with Crippen molar-refractivity contribution in [3.63, 3.8) is 0 Å². The third-order valence-corrected chi connectivity index (χ3v) is 5.18. The molecule has 2 rings (SSSR count). The Hall–Kier alpha value is -0.480. The van der Waals surface area contributed by atoms with Crippen molar-refractivity contribution in [1.82, 2.24) is 0 Å². The van der Waals surface area contributed by atoms with Crippen molar-refractivity contribution in [2.24, 2.45) is 0 Å². The van der Waals surface area contributed by atoms with Crippen LogP contribution in [0.3, 0.4) is 0 Å². The summed E-state index contributed by atoms with van der Waals surface area (Å²) in [5.74, 6) is 0.259. The normalized spacial score (nSPS) is 24.9. The second kappa shape index (κ2) is 3.72. The summed E-state index contributed by atoms with van der Waals surface area (Å²) in [4.78, 5) is 11.0. The third-order valence-electron chi connectivity index (χ3n) is 2.20. The quantitative estimate of drug-likeness (QED) is 0.754. The predicted molar refractivity (Wildman–Crippen MR) is 53.4 cm³/mol. The van der Waals surface area contributed by atoms with Crippen LogP contribution in [0.25, 0.3) is 0 Å². The van der Waals surface area contributed by atoms with E-state index in [0.29, 0.717) is 12.8 Å². The molecule has 13 heavy (non-hydrogen) atoms. The van der Waals surface area contributed by atoms with E-state index in [4.69, 9.17) is 0 Å². The summed E-state index contributed by atoms with van der Waals surface area (Å²) < 4.78 is 12.7. The van der Waals surface area contributed by atoms with E-state index in [-0.39, 0.29) is 11.0 Å². The van der Waals surface area contributed by atoms with Gasteiger partial charge in [0.25, 0.3) is 0 Å². The highest BCUT2D eigenvalue weighted by atomic mass is 32.2. The Morgan fingerprint density at radius 3 is 2.92 bits per heavy atom. The van der Waals surface area contributed by atoms with Crippen LogP contribution in [0, 0.1) is 0 Å². The molecule has 1 aromatic heterocycles. The molecule has 0 amide bonds. The Morgan fingerprint density at radius 2 is 2.38 bits per heavy atom. The van der Waals surface area contributed by atoms with E-state index in [0.717, 1.165) is 10.6 Å². The smallest absolute Gasteiger partial charge is 0.134 e. The number of hydrogen-bond donors (Lipinski definition) is 0. The van der Waals surface area contributed by atoms with Crippen molar-refractivity contribution in [3.05, 3.63) is 17.5 Å². The molecule has 2 unspecified atom stereocenters. The minimum absolute atomic E-state index is 0.0751. The van der Waals surface area contributed by atoms with Crippen LogP contribution in [0.4, 0.5) is 0 Å². The van der Waals surface area contributed by atoms with Gasteiger partial charge in [-0.1, -0.05) is 6.07 Å². The number of carbonyl (C=O) groups is 1. The van der Waals surface area contributed by atoms with Gasteiger partial charge in [0, 0.05) is 18.1 Å². The fraction of sp³-hybridized carbons (Fsp3) is 0.444. The zero-order chi connectivity index (χ0) is 9.26. The second-order valence-electron chi connectivity index (χ2n) is 3.13. The molecule has 0 N–H and O–H groups in total. The molecular formula is C9H10O2S2. The first-order chi connectivity index (χ1) is 6.27. The monoisotopic (exact) mass is 214 g/mol. The zero-order valence-corrected chi connectivity index (χ0v) is 8.70. The number of ketones is 1. The molecule has 1 heterocycles. The third kappa shape index (κ3) is 1.89. The molecule has 0 aliphatic heterocycles. The molecule has 4 heteroatoms. The maximum absolute atomic E-state index is 11.8. The predicted octanol–water partition coefficient (Wildman–Crippen LogP) is 1.98. The molecule has 0 bridgehead atoms. The van der Waals surface area contributed by atoms with Crippen molar-refractivity contribution < 1.29 is 9.00 Å². The van der Waals surface area contributed by atoms with Crippen LogP contribution in [0.1, 0.15) is 19.3 Å². The standard InChI is InChI=1S/C9H10O2S2/c10-7-3-4-8(6-7)13(11)9-2-1-5-12-9/h1-2,5,8H,3-4,6H2. The first kappa shape index (κ1) is 9.09. The Bertz CT molecular complexity index is 329. The van der Waals surface area contributed by atoms with Crippen LogP contribution in [-0.2, 0) is 15.6 Å². The van der Waals surface area contributed by atoms with Crippen LogP contribution in [-0.4, -0.2) is 15.2 Å². The summed E-state index contributed by atoms with van der Waals surface area (Å²) in [7, 11) is -0.951. The van der Waals surface area contributed by atoms with Gasteiger partial charge in [-0.25, -0.2) is 0 Å². The van der Waals surface area contributed by atoms with Crippen molar-refractivity contribution in [2.75, 3.05) is 0 Å². The van der Waals surface area contributed by atoms with Gasteiger partial charge in [-0.3, -0.25) is 9.00 Å². The van der Waals surface area contributed by atoms with Gasteiger partial charge in [-0.2, -0.15) is 0 Å². The summed E-state index contributed by atoms with van der Waals surface area (Å²) in [5, 5.41) is 2.00. The first-order valence-electron chi connectivity index (χ1n) is 4.23. The molecule has 0 saturated heterocycles. The summed E-state index contributed by atoms with van der Waals surface area (Å²) in [6.07, 6.45) is 1.91. The molecule has 70 valence electrons. The lowest BCUT2D eigenvalue weighted by atomic mass is 10.4. The molecule has 2 nitrogen and oxygen atoms in total. The summed E-state index contributed by atoms with van der Waals surface area (Å²) in [5.41, 5.74) is 0. The summed E-state index contributed by atoms with van der Waals surface area (Å²) in [6, 6.07) is 3.78. The largest absolute Gasteiger partial charge is 0.300 e. The highest BCUT2D eigenvalue weighted by Gasteiger charge is 2.28. The van der Waals surface area contributed by atoms with Crippen molar-refractivity contribution in [2.45, 2.75) is 28.7 Å². The summed E-state index contributed by atoms with van der Waals surface area (Å²) in [6.45, 7) is 0. The highest BCUT2D eigenvalue weighted by molar-refractivity contribution is 7.88. The molecule has 1 aliphatic carbocycles. The maximum atomic E-state index is 11.8.